The molecule has 346 valence electrons. The molecular weight excluding hydrogens is 971 g/mol. The second-order valence-corrected chi connectivity index (χ2v) is 16.0. The number of methoxy groups -OCH3 is 4. The standard InChI is InChI=1S/C26H28O4.C22H20O2.C4H9BrO2.CH2O3.2K.H/c1-18-9-14-22-24(15-18)30-16-23(19-7-5-4-6-8-19)26(22)20-10-12-21(13-11-20)29-17-25(27-2)28-3;1-15-7-12-19-21(13-15)24-14-20(16-5-3-2-4-6-16)22(19)17-8-10-18(23)11-9-17;1-6-4(3-5)7-2;2-1-4-3;;;/h4-15,23,25-26H,16-17H2,1-3H3;2-13,20,22-23H,14H2,1H3;4H,3H2,1-2H3;1,3H;;;/q;;;;2*+1;-1/p-1/t23-,26-;20-,22-;;;;;/m11...../s1. The fourth-order valence-corrected chi connectivity index (χ4v) is 8.43. The molecule has 2 aliphatic rings. The molecule has 6 aromatic carbocycles. The molecule has 14 heteroatoms. The second-order valence-electron chi connectivity index (χ2n) is 15.3. The predicted molar refractivity (Wildman–Crippen MR) is 253 cm³/mol. The van der Waals surface area contributed by atoms with Gasteiger partial charge in [-0.2, -0.15) is 0 Å². The molecule has 11 nitrogen and oxygen atoms in total. The van der Waals surface area contributed by atoms with Crippen molar-refractivity contribution in [2.45, 2.75) is 50.1 Å². The van der Waals surface area contributed by atoms with Crippen LogP contribution in [-0.4, -0.2) is 77.7 Å². The predicted octanol–water partition coefficient (Wildman–Crippen LogP) is 3.86. The molecule has 0 radical (unpaired) electrons. The van der Waals surface area contributed by atoms with Gasteiger partial charge in [-0.05, 0) is 83.6 Å². The normalized spacial score (nSPS) is 16.4. The number of aromatic hydroxyl groups is 1. The molecule has 0 saturated heterocycles. The molecule has 0 amide bonds. The van der Waals surface area contributed by atoms with Gasteiger partial charge < -0.3 is 49.8 Å². The summed E-state index contributed by atoms with van der Waals surface area (Å²) in [6, 6.07) is 50.0. The van der Waals surface area contributed by atoms with Gasteiger partial charge in [-0.3, -0.25) is 4.79 Å². The first-order valence-corrected chi connectivity index (χ1v) is 22.3. The van der Waals surface area contributed by atoms with Crippen molar-refractivity contribution in [1.82, 2.24) is 0 Å². The number of aryl methyl sites for hydroxylation is 2. The number of halogens is 1. The van der Waals surface area contributed by atoms with E-state index in [-0.39, 0.29) is 147 Å². The van der Waals surface area contributed by atoms with Crippen LogP contribution in [0.5, 0.6) is 23.0 Å². The van der Waals surface area contributed by atoms with Crippen LogP contribution >= 0.6 is 15.9 Å². The summed E-state index contributed by atoms with van der Waals surface area (Å²) in [5.74, 6) is 3.99. The van der Waals surface area contributed by atoms with Gasteiger partial charge in [0.15, 0.2) is 12.6 Å². The largest absolute Gasteiger partial charge is 1.00 e. The van der Waals surface area contributed by atoms with Crippen LogP contribution in [-0.2, 0) is 28.6 Å². The minimum atomic E-state index is -0.377. The second kappa shape index (κ2) is 31.7. The minimum absolute atomic E-state index is 0. The number of alkyl halides is 1. The average molecular weight is 1030 g/mol. The third kappa shape index (κ3) is 17.4. The van der Waals surface area contributed by atoms with Crippen LogP contribution < -0.4 is 122 Å². The van der Waals surface area contributed by atoms with Crippen LogP contribution in [0.3, 0.4) is 0 Å². The van der Waals surface area contributed by atoms with E-state index >= 15 is 0 Å². The summed E-state index contributed by atoms with van der Waals surface area (Å²) >= 11 is 3.19. The van der Waals surface area contributed by atoms with Crippen LogP contribution in [0.2, 0.25) is 0 Å². The van der Waals surface area contributed by atoms with E-state index < -0.39 is 0 Å². The van der Waals surface area contributed by atoms with Crippen LogP contribution in [0.25, 0.3) is 0 Å². The molecule has 0 saturated carbocycles. The summed E-state index contributed by atoms with van der Waals surface area (Å²) in [6.45, 7) is 5.67. The maximum atomic E-state index is 9.64. The Morgan fingerprint density at radius 2 is 1.03 bits per heavy atom. The van der Waals surface area contributed by atoms with Gasteiger partial charge in [0.25, 0.3) is 6.47 Å². The van der Waals surface area contributed by atoms with Crippen molar-refractivity contribution in [3.05, 3.63) is 190 Å². The Hall–Kier alpha value is -2.46. The van der Waals surface area contributed by atoms with Gasteiger partial charge in [0.1, 0.15) is 29.6 Å². The summed E-state index contributed by atoms with van der Waals surface area (Å²) in [6.07, 6.45) is -0.474. The Morgan fingerprint density at radius 3 is 1.39 bits per heavy atom. The van der Waals surface area contributed by atoms with Crippen molar-refractivity contribution >= 4 is 22.4 Å². The van der Waals surface area contributed by atoms with Crippen molar-refractivity contribution in [2.24, 2.45) is 0 Å². The number of ether oxygens (including phenoxy) is 7. The Balaban J connectivity index is 0.000000374. The maximum Gasteiger partial charge on any atom is 1.00 e. The molecule has 2 heterocycles. The molecule has 0 unspecified atom stereocenters. The number of carbonyl (C=O) groups is 1. The fourth-order valence-electron chi connectivity index (χ4n) is 7.91. The van der Waals surface area contributed by atoms with E-state index in [1.807, 2.05) is 30.3 Å². The first kappa shape index (κ1) is 58.9. The minimum Gasteiger partial charge on any atom is -1.00 e. The molecule has 1 N–H and O–H groups in total. The third-order valence-electron chi connectivity index (χ3n) is 11.2. The van der Waals surface area contributed by atoms with E-state index in [4.69, 9.17) is 43.2 Å². The number of fused-ring (bicyclic) bond motifs is 2. The van der Waals surface area contributed by atoms with Crippen molar-refractivity contribution in [3.8, 4) is 23.0 Å². The zero-order valence-electron chi connectivity index (χ0n) is 40.6. The van der Waals surface area contributed by atoms with E-state index in [9.17, 15) is 5.11 Å². The number of phenolic OH excluding ortho intramolecular Hbond substituents is 1. The monoisotopic (exact) mass is 1030 g/mol. The van der Waals surface area contributed by atoms with E-state index in [0.29, 0.717) is 25.6 Å². The Morgan fingerprint density at radius 1 is 0.627 bits per heavy atom. The van der Waals surface area contributed by atoms with E-state index in [1.165, 1.54) is 44.5 Å². The Labute approximate surface area is 490 Å². The molecule has 0 fully saturated rings. The molecule has 0 aliphatic carbocycles. The number of phenols is 1. The van der Waals surface area contributed by atoms with E-state index in [1.54, 1.807) is 40.6 Å². The number of hydrogen-bond acceptors (Lipinski definition) is 11. The van der Waals surface area contributed by atoms with E-state index in [2.05, 4.69) is 138 Å². The Bertz CT molecular complexity index is 2300. The zero-order chi connectivity index (χ0) is 46.6. The fraction of sp³-hybridized carbons (Fsp3) is 0.302. The van der Waals surface area contributed by atoms with E-state index in [0.717, 1.165) is 22.6 Å². The van der Waals surface area contributed by atoms with Gasteiger partial charge in [0.05, 0.1) is 18.5 Å². The molecule has 0 spiro atoms. The van der Waals surface area contributed by atoms with Gasteiger partial charge in [-0.1, -0.05) is 125 Å². The molecule has 2 aliphatic heterocycles. The summed E-state index contributed by atoms with van der Waals surface area (Å²) < 4.78 is 38.0. The van der Waals surface area contributed by atoms with Gasteiger partial charge in [0, 0.05) is 63.2 Å². The molecule has 0 aromatic heterocycles. The molecule has 6 aromatic rings. The topological polar surface area (TPSA) is 134 Å². The number of carbonyl (C=O) groups excluding carboxylic acids is 1. The summed E-state index contributed by atoms with van der Waals surface area (Å²) in [5, 5.41) is 18.8. The first-order chi connectivity index (χ1) is 31.7. The molecule has 67 heavy (non-hydrogen) atoms. The summed E-state index contributed by atoms with van der Waals surface area (Å²) in [4.78, 5) is 11.2. The summed E-state index contributed by atoms with van der Waals surface area (Å²) in [5.41, 5.74) is 9.88. The van der Waals surface area contributed by atoms with Crippen molar-refractivity contribution in [3.63, 3.8) is 0 Å². The quantitative estimate of drug-likeness (QED) is 0.0452. The SMILES string of the molecule is COC(CBr)OC.COC(COc1ccc([C@@H]2c3ccc(C)cc3OC[C@@H]2c2ccccc2)cc1)OC.Cc1ccc2c(c1)OC[C@H](c1ccccc1)[C@@H]2c1ccc(O)cc1.O=CO[O-].[H-].[K+].[K+]. The number of benzene rings is 6. The Kier molecular flexibility index (Phi) is 27.8. The van der Waals surface area contributed by atoms with Gasteiger partial charge in [-0.15, -0.1) is 0 Å². The molecule has 0 bridgehead atoms. The van der Waals surface area contributed by atoms with Crippen LogP contribution in [0.15, 0.2) is 146 Å². The van der Waals surface area contributed by atoms with Gasteiger partial charge in [-0.25, -0.2) is 0 Å². The van der Waals surface area contributed by atoms with Crippen LogP contribution in [0.4, 0.5) is 0 Å². The molecule has 4 atom stereocenters. The van der Waals surface area contributed by atoms with Gasteiger partial charge >= 0.3 is 103 Å². The number of rotatable bonds is 13. The van der Waals surface area contributed by atoms with Crippen molar-refractivity contribution < 1.29 is 157 Å². The van der Waals surface area contributed by atoms with Crippen LogP contribution in [0, 0.1) is 13.8 Å². The van der Waals surface area contributed by atoms with Crippen molar-refractivity contribution in [1.29, 1.82) is 0 Å². The van der Waals surface area contributed by atoms with Crippen molar-refractivity contribution in [2.75, 3.05) is 53.6 Å². The van der Waals surface area contributed by atoms with Crippen LogP contribution in [0.1, 0.15) is 69.6 Å². The smallest absolute Gasteiger partial charge is 1.00 e. The summed E-state index contributed by atoms with van der Waals surface area (Å²) in [7, 11) is 6.42. The maximum absolute atomic E-state index is 9.64. The first-order valence-electron chi connectivity index (χ1n) is 21.2. The van der Waals surface area contributed by atoms with Gasteiger partial charge in [0.2, 0.25) is 0 Å². The number of hydrogen-bond donors (Lipinski definition) is 1. The zero-order valence-corrected chi connectivity index (χ0v) is 47.5. The molecular formula is C53H59BrK2O11. The average Bonchev–Trinajstić information content (AvgIpc) is 3.35. The third-order valence-corrected chi connectivity index (χ3v) is 11.7. The molecule has 8 rings (SSSR count).